The quantitative estimate of drug-likeness (QED) is 0.449. The summed E-state index contributed by atoms with van der Waals surface area (Å²) in [5.74, 6) is -1.57. The molecule has 1 aromatic carbocycles. The highest BCUT2D eigenvalue weighted by atomic mass is 19.1. The van der Waals surface area contributed by atoms with Crippen LogP contribution in [0.4, 0.5) is 15.0 Å². The molecule has 0 spiro atoms. The molecule has 1 fully saturated rings. The molecule has 0 atom stereocenters. The fraction of sp³-hybridized carbons (Fsp3) is 0.433. The highest BCUT2D eigenvalue weighted by molar-refractivity contribution is 6.08. The molecular weight excluding hydrogens is 559 g/mol. The Hall–Kier alpha value is -4.38. The van der Waals surface area contributed by atoms with Gasteiger partial charge in [0, 0.05) is 32.3 Å². The number of hydrogen-bond donors (Lipinski definition) is 1. The number of benzene rings is 1. The molecule has 226 valence electrons. The SMILES string of the molecule is CN(CCC1(C)OCC(O)CO1)c1ccn(-c2cc(-c3c(F)cccc3C#N)nc3c2C(=O)N(C(=O)OC(C)(C)C)C3)n1. The first-order valence-corrected chi connectivity index (χ1v) is 13.8. The standard InChI is InChI=1S/C30H33FN6O6/c1-29(2,3)43-28(40)36-15-22-26(27(36)39)23(13-21(33-22)25-18(14-32)7-6-8-20(25)31)37-11-9-24(34-37)35(5)12-10-30(4)41-16-19(38)17-42-30/h6-9,11,13,19,38H,10,12,15-17H2,1-5H3. The van der Waals surface area contributed by atoms with Crippen molar-refractivity contribution >= 4 is 17.8 Å². The molecule has 2 aliphatic heterocycles. The molecule has 2 aromatic heterocycles. The molecule has 4 heterocycles. The number of nitriles is 1. The lowest BCUT2D eigenvalue weighted by Crippen LogP contribution is -2.45. The Morgan fingerprint density at radius 2 is 2.00 bits per heavy atom. The third kappa shape index (κ3) is 6.22. The van der Waals surface area contributed by atoms with Gasteiger partial charge < -0.3 is 24.2 Å². The number of pyridine rings is 1. The fourth-order valence-corrected chi connectivity index (χ4v) is 4.85. The number of carbonyl (C=O) groups excluding carboxylic acids is 2. The van der Waals surface area contributed by atoms with Crippen molar-refractivity contribution in [2.75, 3.05) is 31.7 Å². The second kappa shape index (κ2) is 11.4. The summed E-state index contributed by atoms with van der Waals surface area (Å²) >= 11 is 0. The van der Waals surface area contributed by atoms with Crippen LogP contribution in [0.25, 0.3) is 16.9 Å². The second-order valence-electron chi connectivity index (χ2n) is 11.7. The maximum Gasteiger partial charge on any atom is 0.417 e. The number of aromatic nitrogens is 3. The first-order valence-electron chi connectivity index (χ1n) is 13.8. The highest BCUT2D eigenvalue weighted by Crippen LogP contribution is 2.34. The average Bonchev–Trinajstić information content (AvgIpc) is 3.57. The van der Waals surface area contributed by atoms with E-state index in [0.29, 0.717) is 18.8 Å². The average molecular weight is 593 g/mol. The van der Waals surface area contributed by atoms with Crippen molar-refractivity contribution in [3.63, 3.8) is 0 Å². The number of amides is 2. The number of anilines is 1. The number of imide groups is 1. The van der Waals surface area contributed by atoms with Gasteiger partial charge in [0.1, 0.15) is 17.5 Å². The van der Waals surface area contributed by atoms with Gasteiger partial charge in [-0.2, -0.15) is 10.4 Å². The van der Waals surface area contributed by atoms with Crippen molar-refractivity contribution in [3.05, 3.63) is 59.2 Å². The van der Waals surface area contributed by atoms with Gasteiger partial charge in [0.15, 0.2) is 11.6 Å². The number of nitrogens with zero attached hydrogens (tertiary/aromatic N) is 6. The molecule has 2 amide bonds. The lowest BCUT2D eigenvalue weighted by atomic mass is 10.0. The van der Waals surface area contributed by atoms with Crippen LogP contribution < -0.4 is 4.90 Å². The van der Waals surface area contributed by atoms with Crippen molar-refractivity contribution < 1.29 is 33.3 Å². The van der Waals surface area contributed by atoms with Crippen LogP contribution in [0.3, 0.4) is 0 Å². The minimum absolute atomic E-state index is 0.0208. The van der Waals surface area contributed by atoms with Crippen LogP contribution in [0.5, 0.6) is 0 Å². The van der Waals surface area contributed by atoms with E-state index in [1.54, 1.807) is 33.0 Å². The normalized spacial score (nSPS) is 20.1. The van der Waals surface area contributed by atoms with Crippen molar-refractivity contribution in [1.82, 2.24) is 19.7 Å². The monoisotopic (exact) mass is 592 g/mol. The van der Waals surface area contributed by atoms with E-state index < -0.39 is 35.3 Å². The number of aliphatic hydroxyl groups is 1. The van der Waals surface area contributed by atoms with Crippen molar-refractivity contribution in [2.24, 2.45) is 0 Å². The van der Waals surface area contributed by atoms with Crippen LogP contribution in [0.15, 0.2) is 36.5 Å². The molecule has 1 N–H and O–H groups in total. The molecule has 2 aliphatic rings. The Bertz CT molecular complexity index is 1600. The first-order chi connectivity index (χ1) is 20.3. The van der Waals surface area contributed by atoms with Gasteiger partial charge in [0.25, 0.3) is 5.91 Å². The zero-order valence-electron chi connectivity index (χ0n) is 24.6. The maximum absolute atomic E-state index is 15.1. The number of ether oxygens (including phenoxy) is 3. The zero-order chi connectivity index (χ0) is 31.1. The summed E-state index contributed by atoms with van der Waals surface area (Å²) in [6.45, 7) is 7.58. The van der Waals surface area contributed by atoms with Gasteiger partial charge in [-0.15, -0.1) is 0 Å². The third-order valence-corrected chi connectivity index (χ3v) is 7.12. The van der Waals surface area contributed by atoms with Gasteiger partial charge in [0.05, 0.1) is 59.6 Å². The molecule has 3 aromatic rings. The van der Waals surface area contributed by atoms with Crippen LogP contribution in [0.2, 0.25) is 0 Å². The van der Waals surface area contributed by atoms with E-state index in [-0.39, 0.29) is 53.5 Å². The summed E-state index contributed by atoms with van der Waals surface area (Å²) in [4.78, 5) is 33.9. The first kappa shape index (κ1) is 30.1. The van der Waals surface area contributed by atoms with Crippen molar-refractivity contribution in [2.45, 2.75) is 58.2 Å². The molecule has 12 nitrogen and oxygen atoms in total. The lowest BCUT2D eigenvalue weighted by Gasteiger charge is -2.37. The molecular formula is C30H33FN6O6. The van der Waals surface area contributed by atoms with Gasteiger partial charge in [0.2, 0.25) is 0 Å². The summed E-state index contributed by atoms with van der Waals surface area (Å²) in [6, 6.07) is 9.37. The molecule has 43 heavy (non-hydrogen) atoms. The highest BCUT2D eigenvalue weighted by Gasteiger charge is 2.39. The molecule has 13 heteroatoms. The number of hydrogen-bond acceptors (Lipinski definition) is 10. The van der Waals surface area contributed by atoms with Crippen molar-refractivity contribution in [1.29, 1.82) is 5.26 Å². The van der Waals surface area contributed by atoms with Crippen LogP contribution in [0, 0.1) is 17.1 Å². The Morgan fingerprint density at radius 3 is 2.67 bits per heavy atom. The van der Waals surface area contributed by atoms with E-state index in [4.69, 9.17) is 14.2 Å². The van der Waals surface area contributed by atoms with E-state index >= 15 is 4.39 Å². The Labute approximate surface area is 248 Å². The molecule has 0 aliphatic carbocycles. The Balaban J connectivity index is 1.51. The Morgan fingerprint density at radius 1 is 1.28 bits per heavy atom. The van der Waals surface area contributed by atoms with E-state index in [1.807, 2.05) is 24.9 Å². The van der Waals surface area contributed by atoms with E-state index in [1.165, 1.54) is 28.9 Å². The van der Waals surface area contributed by atoms with E-state index in [9.17, 15) is 20.0 Å². The summed E-state index contributed by atoms with van der Waals surface area (Å²) in [6.07, 6.45) is 0.648. The number of halogens is 1. The van der Waals surface area contributed by atoms with Gasteiger partial charge in [-0.3, -0.25) is 4.79 Å². The van der Waals surface area contributed by atoms with Gasteiger partial charge >= 0.3 is 6.09 Å². The molecule has 0 bridgehead atoms. The zero-order valence-corrected chi connectivity index (χ0v) is 24.6. The predicted molar refractivity (Wildman–Crippen MR) is 152 cm³/mol. The van der Waals surface area contributed by atoms with Crippen LogP contribution >= 0.6 is 0 Å². The van der Waals surface area contributed by atoms with Crippen molar-refractivity contribution in [3.8, 4) is 23.0 Å². The predicted octanol–water partition coefficient (Wildman–Crippen LogP) is 3.79. The van der Waals surface area contributed by atoms with Gasteiger partial charge in [-0.1, -0.05) is 6.07 Å². The number of aliphatic hydroxyl groups excluding tert-OH is 1. The summed E-state index contributed by atoms with van der Waals surface area (Å²) < 4.78 is 33.3. The van der Waals surface area contributed by atoms with Gasteiger partial charge in [-0.05, 0) is 45.9 Å². The minimum Gasteiger partial charge on any atom is -0.443 e. The molecule has 5 rings (SSSR count). The smallest absolute Gasteiger partial charge is 0.417 e. The molecule has 1 saturated heterocycles. The lowest BCUT2D eigenvalue weighted by molar-refractivity contribution is -0.284. The summed E-state index contributed by atoms with van der Waals surface area (Å²) in [5.41, 5.74) is -0.0565. The van der Waals surface area contributed by atoms with E-state index in [0.717, 1.165) is 4.90 Å². The molecule has 0 saturated carbocycles. The van der Waals surface area contributed by atoms with Crippen LogP contribution in [-0.2, 0) is 20.8 Å². The largest absolute Gasteiger partial charge is 0.443 e. The minimum atomic E-state index is -0.855. The Kier molecular flexibility index (Phi) is 7.95. The summed E-state index contributed by atoms with van der Waals surface area (Å²) in [7, 11) is 1.84. The van der Waals surface area contributed by atoms with Crippen LogP contribution in [0.1, 0.15) is 55.7 Å². The number of carbonyl (C=O) groups is 2. The molecule has 0 unspecified atom stereocenters. The molecule has 0 radical (unpaired) electrons. The van der Waals surface area contributed by atoms with E-state index in [2.05, 4.69) is 10.1 Å². The second-order valence-corrected chi connectivity index (χ2v) is 11.7. The number of rotatable bonds is 6. The fourth-order valence-electron chi connectivity index (χ4n) is 4.85. The number of fused-ring (bicyclic) bond motifs is 1. The summed E-state index contributed by atoms with van der Waals surface area (Å²) in [5, 5.41) is 24.0. The van der Waals surface area contributed by atoms with Gasteiger partial charge in [-0.25, -0.2) is 23.8 Å². The third-order valence-electron chi connectivity index (χ3n) is 7.12. The maximum atomic E-state index is 15.1. The topological polar surface area (TPSA) is 143 Å². The van der Waals surface area contributed by atoms with Crippen LogP contribution in [-0.4, -0.2) is 81.1 Å².